The van der Waals surface area contributed by atoms with Gasteiger partial charge in [-0.1, -0.05) is 11.6 Å². The lowest BCUT2D eigenvalue weighted by Crippen LogP contribution is -2.36. The van der Waals surface area contributed by atoms with E-state index >= 15 is 0 Å². The van der Waals surface area contributed by atoms with Crippen LogP contribution in [0.3, 0.4) is 0 Å². The first-order chi connectivity index (χ1) is 7.55. The highest BCUT2D eigenvalue weighted by molar-refractivity contribution is 7.91. The fourth-order valence-corrected chi connectivity index (χ4v) is 5.54. The highest BCUT2D eigenvalue weighted by Crippen LogP contribution is 2.32. The number of hydrogen-bond donors (Lipinski definition) is 0. The molecule has 1 fully saturated rings. The quantitative estimate of drug-likeness (QED) is 0.805. The van der Waals surface area contributed by atoms with Gasteiger partial charge in [0.05, 0.1) is 4.34 Å². The molecule has 0 amide bonds. The van der Waals surface area contributed by atoms with Crippen molar-refractivity contribution in [3.05, 3.63) is 16.5 Å². The van der Waals surface area contributed by atoms with Crippen LogP contribution in [0.25, 0.3) is 0 Å². The first-order valence-electron chi connectivity index (χ1n) is 4.89. The van der Waals surface area contributed by atoms with Gasteiger partial charge in [-0.05, 0) is 25.0 Å². The Kier molecular flexibility index (Phi) is 3.81. The number of rotatable bonds is 3. The molecule has 90 valence electrons. The summed E-state index contributed by atoms with van der Waals surface area (Å²) in [4.78, 5) is 0. The molecular weight excluding hydrogens is 289 g/mol. The lowest BCUT2D eigenvalue weighted by Gasteiger charge is -2.21. The molecule has 1 saturated heterocycles. The Bertz CT molecular complexity index is 472. The molecule has 1 atom stereocenters. The molecule has 1 aliphatic rings. The monoisotopic (exact) mass is 299 g/mol. The average Bonchev–Trinajstić information content (AvgIpc) is 2.85. The Morgan fingerprint density at radius 3 is 2.81 bits per heavy atom. The molecule has 2 heterocycles. The third-order valence-electron chi connectivity index (χ3n) is 2.61. The minimum atomic E-state index is -3.40. The second-order valence-corrected chi connectivity index (χ2v) is 7.77. The topological polar surface area (TPSA) is 37.4 Å². The summed E-state index contributed by atoms with van der Waals surface area (Å²) in [5.74, 6) is 0.346. The summed E-state index contributed by atoms with van der Waals surface area (Å²) in [6.07, 6.45) is 1.71. The van der Waals surface area contributed by atoms with Crippen LogP contribution in [0.1, 0.15) is 12.8 Å². The van der Waals surface area contributed by atoms with E-state index < -0.39 is 10.0 Å². The second-order valence-electron chi connectivity index (χ2n) is 3.62. The van der Waals surface area contributed by atoms with Gasteiger partial charge < -0.3 is 0 Å². The molecule has 1 aromatic heterocycles. The van der Waals surface area contributed by atoms with Crippen molar-refractivity contribution in [3.63, 3.8) is 0 Å². The number of hydrogen-bond acceptors (Lipinski definition) is 3. The minimum Gasteiger partial charge on any atom is -0.206 e. The van der Waals surface area contributed by atoms with Crippen molar-refractivity contribution in [2.24, 2.45) is 0 Å². The Morgan fingerprint density at radius 1 is 1.50 bits per heavy atom. The smallest absolute Gasteiger partial charge is 0.206 e. The number of nitrogens with zero attached hydrogens (tertiary/aromatic N) is 1. The average molecular weight is 300 g/mol. The summed E-state index contributed by atoms with van der Waals surface area (Å²) in [6, 6.07) is 3.07. The van der Waals surface area contributed by atoms with Gasteiger partial charge in [0, 0.05) is 18.5 Å². The summed E-state index contributed by atoms with van der Waals surface area (Å²) in [5, 5.41) is 0. The zero-order valence-corrected chi connectivity index (χ0v) is 11.5. The fourth-order valence-electron chi connectivity index (χ4n) is 1.83. The molecule has 0 aliphatic carbocycles. The van der Waals surface area contributed by atoms with Crippen LogP contribution in [-0.2, 0) is 10.0 Å². The van der Waals surface area contributed by atoms with Crippen LogP contribution in [0.5, 0.6) is 0 Å². The van der Waals surface area contributed by atoms with Crippen LogP contribution in [0.2, 0.25) is 4.34 Å². The molecule has 0 saturated carbocycles. The van der Waals surface area contributed by atoms with Crippen molar-refractivity contribution >= 4 is 44.6 Å². The molecule has 0 N–H and O–H groups in total. The van der Waals surface area contributed by atoms with Crippen molar-refractivity contribution < 1.29 is 8.42 Å². The highest BCUT2D eigenvalue weighted by atomic mass is 35.5. The molecule has 16 heavy (non-hydrogen) atoms. The van der Waals surface area contributed by atoms with Crippen molar-refractivity contribution in [1.29, 1.82) is 0 Å². The van der Waals surface area contributed by atoms with Gasteiger partial charge in [0.1, 0.15) is 4.21 Å². The maximum Gasteiger partial charge on any atom is 0.252 e. The minimum absolute atomic E-state index is 0.0763. The van der Waals surface area contributed by atoms with E-state index in [0.29, 0.717) is 21.0 Å². The molecule has 2 rings (SSSR count). The van der Waals surface area contributed by atoms with Gasteiger partial charge in [0.15, 0.2) is 0 Å². The van der Waals surface area contributed by atoms with Gasteiger partial charge in [0.25, 0.3) is 10.0 Å². The first kappa shape index (κ1) is 12.6. The van der Waals surface area contributed by atoms with Gasteiger partial charge in [-0.2, -0.15) is 4.31 Å². The fraction of sp³-hybridized carbons (Fsp3) is 0.556. The maximum absolute atomic E-state index is 12.2. The van der Waals surface area contributed by atoms with E-state index in [1.807, 2.05) is 0 Å². The number of sulfonamides is 1. The molecule has 0 spiro atoms. The molecule has 0 radical (unpaired) electrons. The normalized spacial score (nSPS) is 22.8. The van der Waals surface area contributed by atoms with Gasteiger partial charge in [-0.15, -0.1) is 22.9 Å². The van der Waals surface area contributed by atoms with Crippen LogP contribution in [0.15, 0.2) is 16.3 Å². The highest BCUT2D eigenvalue weighted by Gasteiger charge is 2.35. The van der Waals surface area contributed by atoms with Crippen LogP contribution in [0, 0.1) is 0 Å². The van der Waals surface area contributed by atoms with E-state index in [-0.39, 0.29) is 6.04 Å². The Balaban J connectivity index is 2.32. The largest absolute Gasteiger partial charge is 0.252 e. The van der Waals surface area contributed by atoms with Crippen molar-refractivity contribution in [2.75, 3.05) is 12.4 Å². The third-order valence-corrected chi connectivity index (χ3v) is 6.62. The molecule has 0 unspecified atom stereocenters. The summed E-state index contributed by atoms with van der Waals surface area (Å²) in [6.45, 7) is 0.551. The van der Waals surface area contributed by atoms with E-state index in [1.165, 1.54) is 4.31 Å². The van der Waals surface area contributed by atoms with Crippen LogP contribution >= 0.6 is 34.5 Å². The zero-order valence-electron chi connectivity index (χ0n) is 8.40. The summed E-state index contributed by atoms with van der Waals surface area (Å²) >= 11 is 12.6. The van der Waals surface area contributed by atoms with Crippen molar-refractivity contribution in [1.82, 2.24) is 4.31 Å². The van der Waals surface area contributed by atoms with E-state index in [0.717, 1.165) is 24.2 Å². The molecular formula is C9H11Cl2NO2S2. The lowest BCUT2D eigenvalue weighted by atomic mass is 10.3. The van der Waals surface area contributed by atoms with Crippen LogP contribution in [-0.4, -0.2) is 31.2 Å². The Hall–Kier alpha value is 0.190. The SMILES string of the molecule is O=S(=O)(c1ccc(Cl)s1)N1CCC[C@H]1CCl. The van der Waals surface area contributed by atoms with Gasteiger partial charge in [0.2, 0.25) is 0 Å². The first-order valence-corrected chi connectivity index (χ1v) is 8.06. The van der Waals surface area contributed by atoms with Crippen molar-refractivity contribution in [3.8, 4) is 0 Å². The van der Waals surface area contributed by atoms with E-state index in [4.69, 9.17) is 23.2 Å². The van der Waals surface area contributed by atoms with Crippen LogP contribution in [0.4, 0.5) is 0 Å². The summed E-state index contributed by atoms with van der Waals surface area (Å²) < 4.78 is 26.7. The third kappa shape index (κ3) is 2.24. The molecule has 1 aromatic rings. The van der Waals surface area contributed by atoms with Gasteiger partial charge in [-0.25, -0.2) is 8.42 Å². The molecule has 1 aliphatic heterocycles. The standard InChI is InChI=1S/C9H11Cl2NO2S2/c10-6-7-2-1-5-12(7)16(13,14)9-4-3-8(11)15-9/h3-4,7H,1-2,5-6H2/t7-/m0/s1. The predicted octanol–water partition coefficient (Wildman–Crippen LogP) is 2.79. The maximum atomic E-state index is 12.2. The number of thiophene rings is 1. The number of halogens is 2. The van der Waals surface area contributed by atoms with Gasteiger partial charge >= 0.3 is 0 Å². The Labute approximate surface area is 109 Å². The van der Waals surface area contributed by atoms with E-state index in [9.17, 15) is 8.42 Å². The number of alkyl halides is 1. The van der Waals surface area contributed by atoms with E-state index in [2.05, 4.69) is 0 Å². The van der Waals surface area contributed by atoms with E-state index in [1.54, 1.807) is 12.1 Å². The summed E-state index contributed by atoms with van der Waals surface area (Å²) in [5.41, 5.74) is 0. The summed E-state index contributed by atoms with van der Waals surface area (Å²) in [7, 11) is -3.40. The second kappa shape index (κ2) is 4.82. The molecule has 3 nitrogen and oxygen atoms in total. The van der Waals surface area contributed by atoms with Crippen molar-refractivity contribution in [2.45, 2.75) is 23.1 Å². The zero-order chi connectivity index (χ0) is 11.8. The molecule has 0 bridgehead atoms. The molecule has 0 aromatic carbocycles. The van der Waals surface area contributed by atoms with Crippen LogP contribution < -0.4 is 0 Å². The molecule has 7 heteroatoms. The Morgan fingerprint density at radius 2 is 2.25 bits per heavy atom. The van der Waals surface area contributed by atoms with Gasteiger partial charge in [-0.3, -0.25) is 0 Å². The predicted molar refractivity (Wildman–Crippen MR) is 67.0 cm³/mol. The lowest BCUT2D eigenvalue weighted by molar-refractivity contribution is 0.412.